The molecule has 0 amide bonds. The number of ether oxygens (including phenoxy) is 1. The number of pyridine rings is 1. The molecule has 0 saturated carbocycles. The number of nitrogens with zero attached hydrogens (tertiary/aromatic N) is 3. The second-order valence-corrected chi connectivity index (χ2v) is 5.59. The topological polar surface area (TPSA) is 39.4 Å². The lowest BCUT2D eigenvalue weighted by atomic mass is 10.2. The maximum atomic E-state index is 12.9. The van der Waals surface area contributed by atoms with Gasteiger partial charge in [-0.1, -0.05) is 11.3 Å². The number of benzene rings is 1. The van der Waals surface area contributed by atoms with Gasteiger partial charge in [-0.15, -0.1) is 0 Å². The van der Waals surface area contributed by atoms with Gasteiger partial charge in [0.25, 0.3) is 0 Å². The quantitative estimate of drug-likeness (QED) is 0.529. The van der Waals surface area contributed by atoms with E-state index in [0.29, 0.717) is 0 Å². The number of hydrogen-bond donors (Lipinski definition) is 0. The SMILES string of the molecule is COc1ccc2c(c1)sc1nc(-c3ccc([18F])nc3)cn12. The van der Waals surface area contributed by atoms with Crippen molar-refractivity contribution < 1.29 is 9.13 Å². The number of imidazole rings is 1. The fourth-order valence-corrected chi connectivity index (χ4v) is 3.31. The molecule has 3 aromatic heterocycles. The Bertz CT molecular complexity index is 943. The summed E-state index contributed by atoms with van der Waals surface area (Å²) >= 11 is 1.59. The summed E-state index contributed by atoms with van der Waals surface area (Å²) in [5, 5.41) is 0. The highest BCUT2D eigenvalue weighted by Gasteiger charge is 2.11. The summed E-state index contributed by atoms with van der Waals surface area (Å²) in [7, 11) is 1.65. The predicted molar refractivity (Wildman–Crippen MR) is 80.3 cm³/mol. The lowest BCUT2D eigenvalue weighted by Gasteiger charge is -1.98. The Morgan fingerprint density at radius 1 is 1.24 bits per heavy atom. The molecule has 4 aromatic rings. The summed E-state index contributed by atoms with van der Waals surface area (Å²) in [5.74, 6) is 0.340. The third kappa shape index (κ3) is 1.95. The van der Waals surface area contributed by atoms with E-state index in [0.717, 1.165) is 32.2 Å². The molecule has 0 aliphatic heterocycles. The summed E-state index contributed by atoms with van der Waals surface area (Å²) in [6.45, 7) is 0. The molecule has 21 heavy (non-hydrogen) atoms. The number of methoxy groups -OCH3 is 1. The second kappa shape index (κ2) is 4.53. The zero-order valence-electron chi connectivity index (χ0n) is 11.1. The van der Waals surface area contributed by atoms with Gasteiger partial charge in [-0.05, 0) is 30.3 Å². The molecular weight excluding hydrogens is 288 g/mol. The molecule has 0 aliphatic carbocycles. The Morgan fingerprint density at radius 3 is 2.90 bits per heavy atom. The van der Waals surface area contributed by atoms with Gasteiger partial charge >= 0.3 is 0 Å². The van der Waals surface area contributed by atoms with Crippen LogP contribution in [0.5, 0.6) is 5.75 Å². The molecule has 0 unspecified atom stereocenters. The number of thiazole rings is 1. The molecule has 4 rings (SSSR count). The standard InChI is InChI=1S/C15H10FN3OS/c1-20-10-3-4-12-13(6-10)21-15-18-11(8-19(12)15)9-2-5-14(16)17-7-9/h2-8H,1H3/i16-1. The zero-order chi connectivity index (χ0) is 14.4. The van der Waals surface area contributed by atoms with E-state index in [1.807, 2.05) is 28.8 Å². The van der Waals surface area contributed by atoms with E-state index in [-0.39, 0.29) is 0 Å². The third-order valence-corrected chi connectivity index (χ3v) is 4.34. The molecule has 0 fully saturated rings. The number of rotatable bonds is 2. The lowest BCUT2D eigenvalue weighted by molar-refractivity contribution is 0.415. The van der Waals surface area contributed by atoms with Crippen molar-refractivity contribution >= 4 is 26.5 Å². The maximum absolute atomic E-state index is 12.9. The molecule has 0 saturated heterocycles. The highest BCUT2D eigenvalue weighted by molar-refractivity contribution is 7.23. The largest absolute Gasteiger partial charge is 0.497 e. The van der Waals surface area contributed by atoms with Crippen LogP contribution in [0.2, 0.25) is 0 Å². The van der Waals surface area contributed by atoms with Crippen molar-refractivity contribution in [1.29, 1.82) is 0 Å². The summed E-state index contributed by atoms with van der Waals surface area (Å²) < 4.78 is 21.3. The first kappa shape index (κ1) is 12.3. The van der Waals surface area contributed by atoms with Crippen LogP contribution < -0.4 is 4.74 Å². The molecule has 1 aromatic carbocycles. The molecule has 0 radical (unpaired) electrons. The average molecular weight is 298 g/mol. The van der Waals surface area contributed by atoms with Crippen LogP contribution in [0.15, 0.2) is 42.7 Å². The van der Waals surface area contributed by atoms with Crippen molar-refractivity contribution in [2.24, 2.45) is 0 Å². The molecule has 3 heterocycles. The van der Waals surface area contributed by atoms with Crippen LogP contribution >= 0.6 is 11.3 Å². The van der Waals surface area contributed by atoms with Crippen LogP contribution in [0.4, 0.5) is 4.39 Å². The van der Waals surface area contributed by atoms with Gasteiger partial charge < -0.3 is 4.74 Å². The van der Waals surface area contributed by atoms with Gasteiger partial charge in [-0.3, -0.25) is 4.40 Å². The van der Waals surface area contributed by atoms with E-state index in [4.69, 9.17) is 4.74 Å². The van der Waals surface area contributed by atoms with Crippen LogP contribution in [0, 0.1) is 5.95 Å². The summed E-state index contributed by atoms with van der Waals surface area (Å²) in [5.41, 5.74) is 2.66. The van der Waals surface area contributed by atoms with E-state index < -0.39 is 5.95 Å². The Balaban J connectivity index is 1.88. The van der Waals surface area contributed by atoms with Gasteiger partial charge in [0.1, 0.15) is 5.75 Å². The van der Waals surface area contributed by atoms with Crippen molar-refractivity contribution in [1.82, 2.24) is 14.4 Å². The minimum atomic E-state index is -0.489. The Morgan fingerprint density at radius 2 is 2.14 bits per heavy atom. The molecule has 0 spiro atoms. The normalized spacial score (nSPS) is 11.3. The van der Waals surface area contributed by atoms with Crippen LogP contribution in [0.25, 0.3) is 26.4 Å². The fourth-order valence-electron chi connectivity index (χ4n) is 2.27. The van der Waals surface area contributed by atoms with Gasteiger partial charge in [0.05, 0.1) is 23.0 Å². The van der Waals surface area contributed by atoms with Gasteiger partial charge in [-0.2, -0.15) is 4.39 Å². The zero-order valence-corrected chi connectivity index (χ0v) is 11.9. The third-order valence-electron chi connectivity index (χ3n) is 3.32. The van der Waals surface area contributed by atoms with E-state index in [9.17, 15) is 4.39 Å². The first-order chi connectivity index (χ1) is 10.2. The summed E-state index contributed by atoms with van der Waals surface area (Å²) in [6, 6.07) is 8.94. The average Bonchev–Trinajstić information content (AvgIpc) is 3.04. The Kier molecular flexibility index (Phi) is 2.65. The smallest absolute Gasteiger partial charge is 0.212 e. The van der Waals surface area contributed by atoms with Gasteiger partial charge in [-0.25, -0.2) is 9.97 Å². The van der Waals surface area contributed by atoms with E-state index in [1.54, 1.807) is 24.5 Å². The molecule has 0 bridgehead atoms. The summed E-state index contributed by atoms with van der Waals surface area (Å²) in [6.07, 6.45) is 3.43. The number of aromatic nitrogens is 3. The van der Waals surface area contributed by atoms with Crippen LogP contribution in [-0.2, 0) is 0 Å². The van der Waals surface area contributed by atoms with Crippen molar-refractivity contribution in [2.75, 3.05) is 7.11 Å². The number of hydrogen-bond acceptors (Lipinski definition) is 4. The Hall–Kier alpha value is -2.47. The van der Waals surface area contributed by atoms with Crippen LogP contribution in [0.3, 0.4) is 0 Å². The maximum Gasteiger partial charge on any atom is 0.212 e. The fraction of sp³-hybridized carbons (Fsp3) is 0.0667. The molecule has 0 N–H and O–H groups in total. The molecule has 6 heteroatoms. The van der Waals surface area contributed by atoms with Crippen molar-refractivity contribution in [3.05, 3.63) is 48.7 Å². The minimum Gasteiger partial charge on any atom is -0.497 e. The highest BCUT2D eigenvalue weighted by atomic mass is 32.1. The predicted octanol–water partition coefficient (Wildman–Crippen LogP) is 3.76. The second-order valence-electron chi connectivity index (χ2n) is 4.58. The highest BCUT2D eigenvalue weighted by Crippen LogP contribution is 2.31. The number of halogens is 1. The van der Waals surface area contributed by atoms with Crippen molar-refractivity contribution in [3.63, 3.8) is 0 Å². The first-order valence-corrected chi connectivity index (χ1v) is 7.14. The van der Waals surface area contributed by atoms with E-state index >= 15 is 0 Å². The first-order valence-electron chi connectivity index (χ1n) is 6.32. The molecule has 0 atom stereocenters. The summed E-state index contributed by atoms with van der Waals surface area (Å²) in [4.78, 5) is 9.14. The number of fused-ring (bicyclic) bond motifs is 3. The van der Waals surface area contributed by atoms with E-state index in [2.05, 4.69) is 9.97 Å². The minimum absolute atomic E-state index is 0.489. The van der Waals surface area contributed by atoms with Crippen molar-refractivity contribution in [2.45, 2.75) is 0 Å². The van der Waals surface area contributed by atoms with Crippen LogP contribution in [-0.4, -0.2) is 21.5 Å². The molecule has 104 valence electrons. The van der Waals surface area contributed by atoms with E-state index in [1.165, 1.54) is 12.3 Å². The molecule has 0 aliphatic rings. The van der Waals surface area contributed by atoms with Crippen molar-refractivity contribution in [3.8, 4) is 17.0 Å². The van der Waals surface area contributed by atoms with Gasteiger partial charge in [0, 0.05) is 18.0 Å². The molecular formula is C15H10FN3OS. The lowest BCUT2D eigenvalue weighted by Crippen LogP contribution is -1.84. The van der Waals surface area contributed by atoms with Gasteiger partial charge in [0.2, 0.25) is 5.95 Å². The Labute approximate surface area is 123 Å². The monoisotopic (exact) mass is 298 g/mol. The van der Waals surface area contributed by atoms with Gasteiger partial charge in [0.15, 0.2) is 4.96 Å². The van der Waals surface area contributed by atoms with Crippen LogP contribution in [0.1, 0.15) is 0 Å². The molecule has 4 nitrogen and oxygen atoms in total.